The lowest BCUT2D eigenvalue weighted by Gasteiger charge is -2.42. The van der Waals surface area contributed by atoms with E-state index in [2.05, 4.69) is 42.3 Å². The van der Waals surface area contributed by atoms with Gasteiger partial charge >= 0.3 is 0 Å². The Labute approximate surface area is 218 Å². The Balaban J connectivity index is 0.00000342. The van der Waals surface area contributed by atoms with Crippen LogP contribution in [-0.4, -0.2) is 42.4 Å². The summed E-state index contributed by atoms with van der Waals surface area (Å²) in [7, 11) is 0. The lowest BCUT2D eigenvalue weighted by atomic mass is 9.77. The second-order valence-electron chi connectivity index (χ2n) is 10.2. The first-order valence-electron chi connectivity index (χ1n) is 13.5. The molecule has 0 bridgehead atoms. The van der Waals surface area contributed by atoms with Gasteiger partial charge in [0.1, 0.15) is 11.5 Å². The van der Waals surface area contributed by atoms with E-state index in [1.54, 1.807) is 0 Å². The number of benzene rings is 2. The fourth-order valence-electron chi connectivity index (χ4n) is 6.06. The lowest BCUT2D eigenvalue weighted by molar-refractivity contribution is -0.132. The van der Waals surface area contributed by atoms with Crippen LogP contribution in [0.15, 0.2) is 54.6 Å². The SMILES string of the molecule is CCN(C(C)Cc1cccc(Oc2ccccc2)c1)C(C(=O)C1CCCCC1)C1CCNCC1.Cl. The van der Waals surface area contributed by atoms with Gasteiger partial charge in [0.15, 0.2) is 5.78 Å². The van der Waals surface area contributed by atoms with Gasteiger partial charge in [-0.1, -0.05) is 56.5 Å². The van der Waals surface area contributed by atoms with Crippen LogP contribution in [0.1, 0.15) is 64.4 Å². The summed E-state index contributed by atoms with van der Waals surface area (Å²) in [5.41, 5.74) is 1.26. The summed E-state index contributed by atoms with van der Waals surface area (Å²) in [6, 6.07) is 18.7. The molecule has 1 saturated carbocycles. The molecule has 2 aromatic rings. The van der Waals surface area contributed by atoms with E-state index in [1.807, 2.05) is 36.4 Å². The molecule has 2 unspecified atom stereocenters. The quantitative estimate of drug-likeness (QED) is 0.397. The number of Topliss-reactive ketones (excluding diaryl/α,β-unsaturated/α-hetero) is 1. The molecule has 35 heavy (non-hydrogen) atoms. The molecule has 192 valence electrons. The van der Waals surface area contributed by atoms with E-state index in [4.69, 9.17) is 4.74 Å². The van der Waals surface area contributed by atoms with Gasteiger partial charge in [-0.25, -0.2) is 0 Å². The predicted molar refractivity (Wildman–Crippen MR) is 147 cm³/mol. The number of para-hydroxylation sites is 1. The third-order valence-corrected chi connectivity index (χ3v) is 7.83. The van der Waals surface area contributed by atoms with Crippen LogP contribution >= 0.6 is 12.4 Å². The normalized spacial score (nSPS) is 19.1. The van der Waals surface area contributed by atoms with Crippen LogP contribution in [0.3, 0.4) is 0 Å². The smallest absolute Gasteiger partial charge is 0.153 e. The maximum Gasteiger partial charge on any atom is 0.153 e. The van der Waals surface area contributed by atoms with Crippen molar-refractivity contribution in [1.82, 2.24) is 10.2 Å². The number of halogens is 1. The van der Waals surface area contributed by atoms with Gasteiger partial charge in [0.25, 0.3) is 0 Å². The zero-order chi connectivity index (χ0) is 23.8. The molecule has 1 heterocycles. The van der Waals surface area contributed by atoms with Gasteiger partial charge in [-0.15, -0.1) is 12.4 Å². The van der Waals surface area contributed by atoms with E-state index in [1.165, 1.54) is 24.8 Å². The number of ether oxygens (including phenoxy) is 1. The monoisotopic (exact) mass is 498 g/mol. The highest BCUT2D eigenvalue weighted by Crippen LogP contribution is 2.32. The van der Waals surface area contributed by atoms with Gasteiger partial charge in [0.05, 0.1) is 6.04 Å². The Morgan fingerprint density at radius 3 is 2.34 bits per heavy atom. The van der Waals surface area contributed by atoms with Gasteiger partial charge in [-0.05, 0) is 94.4 Å². The molecule has 1 aliphatic carbocycles. The maximum absolute atomic E-state index is 13.9. The van der Waals surface area contributed by atoms with E-state index in [9.17, 15) is 4.79 Å². The first-order valence-corrected chi connectivity index (χ1v) is 13.5. The molecule has 2 fully saturated rings. The minimum Gasteiger partial charge on any atom is -0.457 e. The summed E-state index contributed by atoms with van der Waals surface area (Å²) in [5, 5.41) is 3.50. The Hall–Kier alpha value is -1.88. The van der Waals surface area contributed by atoms with Gasteiger partial charge in [-0.2, -0.15) is 0 Å². The Kier molecular flexibility index (Phi) is 11.1. The summed E-state index contributed by atoms with van der Waals surface area (Å²) in [4.78, 5) is 16.5. The summed E-state index contributed by atoms with van der Waals surface area (Å²) in [5.74, 6) is 2.98. The molecule has 4 rings (SSSR count). The van der Waals surface area contributed by atoms with Crippen LogP contribution in [0, 0.1) is 11.8 Å². The van der Waals surface area contributed by atoms with Crippen LogP contribution in [0.4, 0.5) is 0 Å². The van der Waals surface area contributed by atoms with Crippen molar-refractivity contribution in [3.63, 3.8) is 0 Å². The average molecular weight is 499 g/mol. The zero-order valence-corrected chi connectivity index (χ0v) is 22.3. The van der Waals surface area contributed by atoms with Crippen LogP contribution < -0.4 is 10.1 Å². The van der Waals surface area contributed by atoms with Crippen LogP contribution in [-0.2, 0) is 11.2 Å². The van der Waals surface area contributed by atoms with Crippen molar-refractivity contribution in [1.29, 1.82) is 0 Å². The summed E-state index contributed by atoms with van der Waals surface area (Å²) in [6.45, 7) is 7.51. The van der Waals surface area contributed by atoms with Crippen molar-refractivity contribution in [2.75, 3.05) is 19.6 Å². The first kappa shape index (κ1) is 27.7. The highest BCUT2D eigenvalue weighted by Gasteiger charge is 2.39. The Morgan fingerprint density at radius 1 is 0.971 bits per heavy atom. The molecule has 5 heteroatoms. The molecule has 0 aromatic heterocycles. The number of hydrogen-bond acceptors (Lipinski definition) is 4. The van der Waals surface area contributed by atoms with Crippen molar-refractivity contribution in [2.24, 2.45) is 11.8 Å². The predicted octanol–water partition coefficient (Wildman–Crippen LogP) is 6.67. The van der Waals surface area contributed by atoms with Crippen LogP contribution in [0.5, 0.6) is 11.5 Å². The van der Waals surface area contributed by atoms with Crippen LogP contribution in [0.2, 0.25) is 0 Å². The number of carbonyl (C=O) groups is 1. The minimum absolute atomic E-state index is 0. The number of likely N-dealkylation sites (N-methyl/N-ethyl adjacent to an activating group) is 1. The molecule has 0 radical (unpaired) electrons. The number of rotatable bonds is 10. The van der Waals surface area contributed by atoms with E-state index in [-0.39, 0.29) is 24.4 Å². The van der Waals surface area contributed by atoms with Crippen molar-refractivity contribution in [2.45, 2.75) is 77.3 Å². The highest BCUT2D eigenvalue weighted by atomic mass is 35.5. The van der Waals surface area contributed by atoms with E-state index < -0.39 is 0 Å². The molecular weight excluding hydrogens is 456 g/mol. The fraction of sp³-hybridized carbons (Fsp3) is 0.567. The van der Waals surface area contributed by atoms with E-state index >= 15 is 0 Å². The largest absolute Gasteiger partial charge is 0.457 e. The molecule has 0 amide bonds. The third kappa shape index (κ3) is 7.55. The van der Waals surface area contributed by atoms with Crippen LogP contribution in [0.25, 0.3) is 0 Å². The van der Waals surface area contributed by atoms with Gasteiger partial charge < -0.3 is 10.1 Å². The molecule has 1 aliphatic heterocycles. The standard InChI is InChI=1S/C30H42N2O2.ClH/c1-3-32(29(25-17-19-31-20-18-25)30(33)26-12-6-4-7-13-26)23(2)21-24-11-10-16-28(22-24)34-27-14-8-5-9-15-27;/h5,8-11,14-16,22-23,25-26,29,31H,3-4,6-7,12-13,17-21H2,1-2H3;1H. The summed E-state index contributed by atoms with van der Waals surface area (Å²) in [6.07, 6.45) is 9.02. The lowest BCUT2D eigenvalue weighted by Crippen LogP contribution is -2.54. The molecule has 1 N–H and O–H groups in total. The summed E-state index contributed by atoms with van der Waals surface area (Å²) >= 11 is 0. The molecule has 2 atom stereocenters. The molecular formula is C30H43ClN2O2. The number of carbonyl (C=O) groups excluding carboxylic acids is 1. The number of nitrogens with zero attached hydrogens (tertiary/aromatic N) is 1. The average Bonchev–Trinajstić information content (AvgIpc) is 2.88. The molecule has 2 aliphatic rings. The maximum atomic E-state index is 13.9. The fourth-order valence-corrected chi connectivity index (χ4v) is 6.06. The zero-order valence-electron chi connectivity index (χ0n) is 21.5. The number of hydrogen-bond donors (Lipinski definition) is 1. The molecule has 1 saturated heterocycles. The summed E-state index contributed by atoms with van der Waals surface area (Å²) < 4.78 is 6.07. The Bertz CT molecular complexity index is 894. The van der Waals surface area contributed by atoms with Gasteiger partial charge in [-0.3, -0.25) is 9.69 Å². The third-order valence-electron chi connectivity index (χ3n) is 7.83. The van der Waals surface area contributed by atoms with Crippen molar-refractivity contribution in [3.8, 4) is 11.5 Å². The van der Waals surface area contributed by atoms with Crippen molar-refractivity contribution in [3.05, 3.63) is 60.2 Å². The number of piperidine rings is 1. The van der Waals surface area contributed by atoms with Crippen molar-refractivity contribution >= 4 is 18.2 Å². The van der Waals surface area contributed by atoms with Gasteiger partial charge in [0, 0.05) is 12.0 Å². The Morgan fingerprint density at radius 2 is 1.66 bits per heavy atom. The number of ketones is 1. The molecule has 2 aromatic carbocycles. The highest BCUT2D eigenvalue weighted by molar-refractivity contribution is 5.86. The molecule has 4 nitrogen and oxygen atoms in total. The van der Waals surface area contributed by atoms with E-state index in [0.717, 1.165) is 63.2 Å². The second-order valence-corrected chi connectivity index (χ2v) is 10.2. The van der Waals surface area contributed by atoms with Gasteiger partial charge in [0.2, 0.25) is 0 Å². The minimum atomic E-state index is 0. The first-order chi connectivity index (χ1) is 16.7. The molecule has 0 spiro atoms. The second kappa shape index (κ2) is 14.0. The number of nitrogens with one attached hydrogen (secondary N) is 1. The topological polar surface area (TPSA) is 41.6 Å². The van der Waals surface area contributed by atoms with E-state index in [0.29, 0.717) is 17.7 Å². The van der Waals surface area contributed by atoms with Crippen molar-refractivity contribution < 1.29 is 9.53 Å².